The fourth-order valence-corrected chi connectivity index (χ4v) is 4.13. The second-order valence-electron chi connectivity index (χ2n) is 8.28. The summed E-state index contributed by atoms with van der Waals surface area (Å²) in [6, 6.07) is 6.49. The number of amides is 2. The Hall–Kier alpha value is -2.38. The third-order valence-corrected chi connectivity index (χ3v) is 5.74. The van der Waals surface area contributed by atoms with Crippen LogP contribution in [-0.4, -0.2) is 45.7 Å². The number of aliphatic hydroxyl groups excluding tert-OH is 1. The lowest BCUT2D eigenvalue weighted by molar-refractivity contribution is -0.141. The molecule has 0 radical (unpaired) electrons. The summed E-state index contributed by atoms with van der Waals surface area (Å²) in [6.45, 7) is 8.01. The van der Waals surface area contributed by atoms with Crippen LogP contribution in [0, 0.1) is 19.8 Å². The molecule has 0 bridgehead atoms. The Balaban J connectivity index is 1.75. The van der Waals surface area contributed by atoms with E-state index in [-0.39, 0.29) is 30.7 Å². The van der Waals surface area contributed by atoms with Crippen LogP contribution in [-0.2, 0) is 16.1 Å². The monoisotopic (exact) mass is 433 g/mol. The number of carbonyl (C=O) groups excluding carboxylic acids is 2. The first-order chi connectivity index (χ1) is 14.2. The zero-order valence-corrected chi connectivity index (χ0v) is 18.4. The summed E-state index contributed by atoms with van der Waals surface area (Å²) in [6.07, 6.45) is -0.538. The molecular weight excluding hydrogens is 406 g/mol. The van der Waals surface area contributed by atoms with Gasteiger partial charge in [0.05, 0.1) is 11.8 Å². The van der Waals surface area contributed by atoms with Gasteiger partial charge in [-0.25, -0.2) is 0 Å². The van der Waals surface area contributed by atoms with Crippen LogP contribution < -0.4 is 5.32 Å². The van der Waals surface area contributed by atoms with Crippen molar-refractivity contribution >= 4 is 23.4 Å². The van der Waals surface area contributed by atoms with Gasteiger partial charge in [-0.1, -0.05) is 36.7 Å². The number of aliphatic hydroxyl groups is 1. The Morgan fingerprint density at radius 3 is 2.67 bits per heavy atom. The molecule has 162 valence electrons. The molecule has 3 atom stereocenters. The highest BCUT2D eigenvalue weighted by Gasteiger charge is 2.43. The molecule has 1 saturated heterocycles. The van der Waals surface area contributed by atoms with Crippen LogP contribution in [0.15, 0.2) is 28.8 Å². The number of likely N-dealkylation sites (tertiary alicyclic amines) is 1. The molecule has 1 aromatic carbocycles. The molecule has 30 heavy (non-hydrogen) atoms. The molecule has 2 amide bonds. The number of benzene rings is 1. The quantitative estimate of drug-likeness (QED) is 0.730. The van der Waals surface area contributed by atoms with Gasteiger partial charge in [-0.2, -0.15) is 0 Å². The fraction of sp³-hybridized carbons (Fsp3) is 0.500. The van der Waals surface area contributed by atoms with Crippen molar-refractivity contribution in [2.24, 2.45) is 5.92 Å². The molecule has 8 heteroatoms. The number of hydrogen-bond donors (Lipinski definition) is 2. The minimum absolute atomic E-state index is 0.0528. The van der Waals surface area contributed by atoms with Gasteiger partial charge in [-0.05, 0) is 43.0 Å². The Bertz CT molecular complexity index is 927. The lowest BCUT2D eigenvalue weighted by atomic mass is 9.91. The Kier molecular flexibility index (Phi) is 6.83. The molecule has 0 spiro atoms. The second-order valence-corrected chi connectivity index (χ2v) is 8.71. The zero-order valence-electron chi connectivity index (χ0n) is 17.7. The first kappa shape index (κ1) is 22.3. The predicted octanol–water partition coefficient (Wildman–Crippen LogP) is 2.96. The van der Waals surface area contributed by atoms with E-state index in [4.69, 9.17) is 16.1 Å². The molecular formula is C22H28ClN3O4. The van der Waals surface area contributed by atoms with Crippen molar-refractivity contribution in [3.05, 3.63) is 51.9 Å². The number of rotatable bonds is 6. The molecule has 7 nitrogen and oxygen atoms in total. The molecule has 1 aliphatic rings. The summed E-state index contributed by atoms with van der Waals surface area (Å²) < 4.78 is 5.35. The smallest absolute Gasteiger partial charge is 0.243 e. The fourth-order valence-electron chi connectivity index (χ4n) is 3.91. The number of carbonyl (C=O) groups is 2. The largest absolute Gasteiger partial charge is 0.391 e. The third-order valence-electron chi connectivity index (χ3n) is 5.51. The molecule has 2 N–H and O–H groups in total. The summed E-state index contributed by atoms with van der Waals surface area (Å²) in [5.41, 5.74) is 2.61. The van der Waals surface area contributed by atoms with Crippen LogP contribution >= 0.6 is 11.6 Å². The van der Waals surface area contributed by atoms with Crippen molar-refractivity contribution in [1.29, 1.82) is 0 Å². The Morgan fingerprint density at radius 2 is 2.07 bits per heavy atom. The van der Waals surface area contributed by atoms with E-state index in [9.17, 15) is 14.7 Å². The highest BCUT2D eigenvalue weighted by molar-refractivity contribution is 6.30. The number of nitrogens with one attached hydrogen (secondary N) is 1. The van der Waals surface area contributed by atoms with E-state index in [0.29, 0.717) is 23.0 Å². The molecule has 0 unspecified atom stereocenters. The average Bonchev–Trinajstić information content (AvgIpc) is 3.26. The van der Waals surface area contributed by atoms with Gasteiger partial charge in [0, 0.05) is 30.6 Å². The van der Waals surface area contributed by atoms with Gasteiger partial charge in [0.1, 0.15) is 17.7 Å². The maximum absolute atomic E-state index is 13.4. The minimum Gasteiger partial charge on any atom is -0.391 e. The first-order valence-corrected chi connectivity index (χ1v) is 10.5. The molecule has 2 aromatic rings. The van der Waals surface area contributed by atoms with Gasteiger partial charge < -0.3 is 19.8 Å². The summed E-state index contributed by atoms with van der Waals surface area (Å²) in [7, 11) is 0. The van der Waals surface area contributed by atoms with Crippen molar-refractivity contribution < 1.29 is 19.2 Å². The van der Waals surface area contributed by atoms with E-state index in [1.54, 1.807) is 19.1 Å². The lowest BCUT2D eigenvalue weighted by Gasteiger charge is -2.28. The summed E-state index contributed by atoms with van der Waals surface area (Å²) in [4.78, 5) is 27.7. The van der Waals surface area contributed by atoms with Crippen molar-refractivity contribution in [1.82, 2.24) is 15.4 Å². The van der Waals surface area contributed by atoms with Gasteiger partial charge in [-0.15, -0.1) is 0 Å². The van der Waals surface area contributed by atoms with Gasteiger partial charge in [-0.3, -0.25) is 9.59 Å². The number of nitrogens with zero attached hydrogens (tertiary/aromatic N) is 2. The van der Waals surface area contributed by atoms with Crippen LogP contribution in [0.5, 0.6) is 0 Å². The minimum atomic E-state index is -0.744. The van der Waals surface area contributed by atoms with Crippen LogP contribution in [0.1, 0.15) is 48.8 Å². The number of β-amino-alcohol motifs (C(OH)–C–C–N with tert-alkyl or cyclic N) is 1. The molecule has 1 aromatic heterocycles. The topological polar surface area (TPSA) is 95.7 Å². The van der Waals surface area contributed by atoms with E-state index in [0.717, 1.165) is 11.1 Å². The highest BCUT2D eigenvalue weighted by Crippen LogP contribution is 2.31. The van der Waals surface area contributed by atoms with Crippen LogP contribution in [0.25, 0.3) is 0 Å². The Morgan fingerprint density at radius 1 is 1.33 bits per heavy atom. The summed E-state index contributed by atoms with van der Waals surface area (Å²) in [5, 5.41) is 17.6. The third kappa shape index (κ3) is 4.84. The Labute approximate surface area is 181 Å². The molecule has 1 fully saturated rings. The van der Waals surface area contributed by atoms with Crippen molar-refractivity contribution in [2.75, 3.05) is 6.54 Å². The maximum atomic E-state index is 13.4. The summed E-state index contributed by atoms with van der Waals surface area (Å²) >= 11 is 5.99. The van der Waals surface area contributed by atoms with Gasteiger partial charge in [0.2, 0.25) is 11.8 Å². The van der Waals surface area contributed by atoms with E-state index in [1.165, 1.54) is 4.90 Å². The SMILES string of the molecule is Cc1cc([C@H](C(=O)N2C[C@H](O)C[C@H]2C(=O)NCc2ccc(Cl)cc2C)C(C)C)on1. The van der Waals surface area contributed by atoms with E-state index >= 15 is 0 Å². The van der Waals surface area contributed by atoms with Gasteiger partial charge >= 0.3 is 0 Å². The highest BCUT2D eigenvalue weighted by atomic mass is 35.5. The molecule has 0 saturated carbocycles. The molecule has 1 aliphatic heterocycles. The van der Waals surface area contributed by atoms with Gasteiger partial charge in [0.15, 0.2) is 0 Å². The lowest BCUT2D eigenvalue weighted by Crippen LogP contribution is -2.48. The standard InChI is InChI=1S/C22H28ClN3O4/c1-12(2)20(19-8-14(4)25-30-19)22(29)26-11-17(27)9-18(26)21(28)24-10-15-5-6-16(23)7-13(15)3/h5-8,12,17-18,20,27H,9-11H2,1-4H3,(H,24,28)/t17-,18+,20-/m1/s1. The van der Waals surface area contributed by atoms with E-state index in [2.05, 4.69) is 10.5 Å². The van der Waals surface area contributed by atoms with E-state index < -0.39 is 18.1 Å². The van der Waals surface area contributed by atoms with Crippen molar-refractivity contribution in [2.45, 2.75) is 58.7 Å². The number of aromatic nitrogens is 1. The van der Waals surface area contributed by atoms with Crippen molar-refractivity contribution in [3.8, 4) is 0 Å². The summed E-state index contributed by atoms with van der Waals surface area (Å²) in [5.74, 6) is -0.663. The predicted molar refractivity (Wildman–Crippen MR) is 113 cm³/mol. The van der Waals surface area contributed by atoms with Crippen LogP contribution in [0.3, 0.4) is 0 Å². The maximum Gasteiger partial charge on any atom is 0.243 e. The average molecular weight is 434 g/mol. The normalized spacial score (nSPS) is 19.9. The van der Waals surface area contributed by atoms with Gasteiger partial charge in [0.25, 0.3) is 0 Å². The zero-order chi connectivity index (χ0) is 22.0. The van der Waals surface area contributed by atoms with E-state index in [1.807, 2.05) is 32.9 Å². The van der Waals surface area contributed by atoms with Crippen LogP contribution in [0.4, 0.5) is 0 Å². The molecule has 2 heterocycles. The number of aryl methyl sites for hydroxylation is 2. The number of halogens is 1. The number of hydrogen-bond acceptors (Lipinski definition) is 5. The van der Waals surface area contributed by atoms with Crippen molar-refractivity contribution in [3.63, 3.8) is 0 Å². The molecule has 3 rings (SSSR count). The molecule has 0 aliphatic carbocycles. The van der Waals surface area contributed by atoms with Crippen LogP contribution in [0.2, 0.25) is 5.02 Å². The second kappa shape index (κ2) is 9.18. The first-order valence-electron chi connectivity index (χ1n) is 10.1.